The monoisotopic (exact) mass is 412 g/mol. The van der Waals surface area contributed by atoms with Gasteiger partial charge in [-0.25, -0.2) is 0 Å². The molecule has 1 aromatic rings. The Hall–Kier alpha value is -1.19. The van der Waals surface area contributed by atoms with Crippen molar-refractivity contribution in [3.63, 3.8) is 0 Å². The number of alkyl halides is 3. The smallest absolute Gasteiger partial charge is 0.442 e. The Balaban J connectivity index is 2.14. The summed E-state index contributed by atoms with van der Waals surface area (Å²) in [5.74, 6) is -0.603. The van der Waals surface area contributed by atoms with Gasteiger partial charge in [-0.2, -0.15) is 13.2 Å². The van der Waals surface area contributed by atoms with Crippen molar-refractivity contribution in [3.8, 4) is 0 Å². The molecule has 0 atom stereocenters. The normalized spacial score (nSPS) is 16.1. The second-order valence-corrected chi connectivity index (χ2v) is 6.10. The Morgan fingerprint density at radius 1 is 1.38 bits per heavy atom. The molecular formula is C13H12F3IN2O2. The highest BCUT2D eigenvalue weighted by atomic mass is 127. The third-order valence-electron chi connectivity index (χ3n) is 2.99. The number of nitrogens with zero attached hydrogens (tertiary/aromatic N) is 2. The van der Waals surface area contributed by atoms with Gasteiger partial charge in [-0.1, -0.05) is 26.0 Å². The first-order valence-corrected chi connectivity index (χ1v) is 7.21. The van der Waals surface area contributed by atoms with E-state index in [1.54, 1.807) is 13.8 Å². The van der Waals surface area contributed by atoms with Gasteiger partial charge in [-0.05, 0) is 28.7 Å². The third kappa shape index (κ3) is 3.19. The number of benzene rings is 1. The molecule has 8 heteroatoms. The lowest BCUT2D eigenvalue weighted by atomic mass is 10.0. The van der Waals surface area contributed by atoms with E-state index in [2.05, 4.69) is 10.2 Å². The first-order chi connectivity index (χ1) is 9.67. The number of hydrogen-bond acceptors (Lipinski definition) is 4. The summed E-state index contributed by atoms with van der Waals surface area (Å²) in [5, 5.41) is 6.31. The number of halogens is 4. The molecular weight excluding hydrogens is 400 g/mol. The van der Waals surface area contributed by atoms with Gasteiger partial charge >= 0.3 is 17.8 Å². The average molecular weight is 412 g/mol. The van der Waals surface area contributed by atoms with Crippen LogP contribution in [0.3, 0.4) is 0 Å². The van der Waals surface area contributed by atoms with Crippen LogP contribution in [0.1, 0.15) is 25.0 Å². The molecule has 0 saturated heterocycles. The molecule has 2 rings (SSSR count). The van der Waals surface area contributed by atoms with E-state index in [4.69, 9.17) is 4.74 Å². The summed E-state index contributed by atoms with van der Waals surface area (Å²) in [6.07, 6.45) is -4.54. The fourth-order valence-corrected chi connectivity index (χ4v) is 2.31. The molecule has 0 fully saturated rings. The zero-order valence-corrected chi connectivity index (χ0v) is 13.4. The fraction of sp³-hybridized carbons (Fsp3) is 0.462. The minimum Gasteiger partial charge on any atom is -0.461 e. The summed E-state index contributed by atoms with van der Waals surface area (Å²) < 4.78 is 44.3. The molecule has 1 aromatic carbocycles. The Morgan fingerprint density at radius 2 is 2.00 bits per heavy atom. The van der Waals surface area contributed by atoms with Gasteiger partial charge in [0.25, 0.3) is 0 Å². The van der Waals surface area contributed by atoms with Crippen molar-refractivity contribution in [3.05, 3.63) is 32.9 Å². The molecule has 0 spiro atoms. The number of carbonyl (C=O) groups excluding carboxylic acids is 1. The quantitative estimate of drug-likeness (QED) is 0.551. The molecule has 0 aromatic heterocycles. The lowest BCUT2D eigenvalue weighted by Crippen LogP contribution is -2.30. The molecule has 0 aliphatic carbocycles. The molecule has 0 unspecified atom stereocenters. The molecule has 0 N–H and O–H groups in total. The number of hydrogen-bond donors (Lipinski definition) is 0. The zero-order chi connectivity index (χ0) is 15.8. The van der Waals surface area contributed by atoms with Crippen LogP contribution in [0.15, 0.2) is 28.4 Å². The Kier molecular flexibility index (Phi) is 4.27. The number of esters is 1. The van der Waals surface area contributed by atoms with E-state index in [9.17, 15) is 18.0 Å². The molecule has 1 heterocycles. The highest BCUT2D eigenvalue weighted by Gasteiger charge is 2.65. The molecule has 0 saturated carbocycles. The van der Waals surface area contributed by atoms with Crippen molar-refractivity contribution in [2.24, 2.45) is 16.1 Å². The van der Waals surface area contributed by atoms with Crippen molar-refractivity contribution in [2.45, 2.75) is 32.3 Å². The van der Waals surface area contributed by atoms with Gasteiger partial charge < -0.3 is 4.74 Å². The summed E-state index contributed by atoms with van der Waals surface area (Å²) in [6.45, 7) is 3.45. The molecule has 1 aliphatic rings. The fourth-order valence-electron chi connectivity index (χ4n) is 1.64. The standard InChI is InChI=1S/C13H12F3IN2O2/c1-7(2)11(20)21-6-8-3-4-9(5-10(8)17)12(18-19-12)13(14,15)16/h3-5,7H,6H2,1-2H3. The predicted octanol–water partition coefficient (Wildman–Crippen LogP) is 4.17. The molecule has 0 bridgehead atoms. The summed E-state index contributed by atoms with van der Waals surface area (Å²) in [4.78, 5) is 11.4. The van der Waals surface area contributed by atoms with Crippen LogP contribution in [0.5, 0.6) is 0 Å². The number of ether oxygens (including phenoxy) is 1. The van der Waals surface area contributed by atoms with Crippen LogP contribution in [-0.2, 0) is 21.8 Å². The highest BCUT2D eigenvalue weighted by Crippen LogP contribution is 2.52. The lowest BCUT2D eigenvalue weighted by Gasteiger charge is -2.16. The van der Waals surface area contributed by atoms with E-state index in [0.717, 1.165) is 0 Å². The van der Waals surface area contributed by atoms with Crippen molar-refractivity contribution >= 4 is 28.6 Å². The first kappa shape index (κ1) is 16.2. The summed E-state index contributed by atoms with van der Waals surface area (Å²) >= 11 is 1.90. The largest absolute Gasteiger partial charge is 0.461 e. The van der Waals surface area contributed by atoms with Crippen LogP contribution in [0.2, 0.25) is 0 Å². The molecule has 4 nitrogen and oxygen atoms in total. The molecule has 21 heavy (non-hydrogen) atoms. The Morgan fingerprint density at radius 3 is 2.43 bits per heavy atom. The molecule has 114 valence electrons. The Bertz CT molecular complexity index is 594. The predicted molar refractivity (Wildman–Crippen MR) is 76.4 cm³/mol. The van der Waals surface area contributed by atoms with Gasteiger partial charge in [0.15, 0.2) is 0 Å². The maximum Gasteiger partial charge on any atom is 0.442 e. The van der Waals surface area contributed by atoms with Crippen molar-refractivity contribution in [1.82, 2.24) is 0 Å². The Labute approximate surface area is 132 Å². The maximum atomic E-state index is 12.9. The van der Waals surface area contributed by atoms with Crippen LogP contribution >= 0.6 is 22.6 Å². The SMILES string of the molecule is CC(C)C(=O)OCc1ccc(C2(C(F)(F)F)N=N2)cc1I. The van der Waals surface area contributed by atoms with Gasteiger partial charge in [0, 0.05) is 14.7 Å². The van der Waals surface area contributed by atoms with Crippen LogP contribution in [0.25, 0.3) is 0 Å². The number of rotatable bonds is 4. The van der Waals surface area contributed by atoms with Gasteiger partial charge in [-0.15, -0.1) is 10.2 Å². The summed E-state index contributed by atoms with van der Waals surface area (Å²) in [7, 11) is 0. The second kappa shape index (κ2) is 5.54. The van der Waals surface area contributed by atoms with Gasteiger partial charge in [0.1, 0.15) is 6.61 Å². The second-order valence-electron chi connectivity index (χ2n) is 4.94. The van der Waals surface area contributed by atoms with Crippen molar-refractivity contribution in [2.75, 3.05) is 0 Å². The summed E-state index contributed by atoms with van der Waals surface area (Å²) in [5.41, 5.74) is -1.80. The molecule has 1 aliphatic heterocycles. The van der Waals surface area contributed by atoms with E-state index in [1.807, 2.05) is 22.6 Å². The van der Waals surface area contributed by atoms with Crippen LogP contribution in [0, 0.1) is 9.49 Å². The van der Waals surface area contributed by atoms with E-state index in [0.29, 0.717) is 9.13 Å². The van der Waals surface area contributed by atoms with E-state index in [-0.39, 0.29) is 24.1 Å². The topological polar surface area (TPSA) is 51.0 Å². The van der Waals surface area contributed by atoms with Gasteiger partial charge in [-0.3, -0.25) is 4.79 Å². The zero-order valence-electron chi connectivity index (χ0n) is 11.2. The van der Waals surface area contributed by atoms with Crippen LogP contribution in [-0.4, -0.2) is 12.1 Å². The minimum absolute atomic E-state index is 0.0293. The summed E-state index contributed by atoms with van der Waals surface area (Å²) in [6, 6.07) is 4.18. The third-order valence-corrected chi connectivity index (χ3v) is 4.00. The van der Waals surface area contributed by atoms with Crippen LogP contribution in [0.4, 0.5) is 13.2 Å². The van der Waals surface area contributed by atoms with Crippen molar-refractivity contribution in [1.29, 1.82) is 0 Å². The van der Waals surface area contributed by atoms with E-state index < -0.39 is 11.8 Å². The molecule has 0 amide bonds. The number of carbonyl (C=O) groups is 1. The average Bonchev–Trinajstić information content (AvgIpc) is 3.17. The van der Waals surface area contributed by atoms with Crippen molar-refractivity contribution < 1.29 is 22.7 Å². The molecule has 0 radical (unpaired) electrons. The minimum atomic E-state index is -4.54. The highest BCUT2D eigenvalue weighted by molar-refractivity contribution is 14.1. The maximum absolute atomic E-state index is 12.9. The van der Waals surface area contributed by atoms with Crippen LogP contribution < -0.4 is 0 Å². The van der Waals surface area contributed by atoms with E-state index >= 15 is 0 Å². The van der Waals surface area contributed by atoms with Gasteiger partial charge in [0.2, 0.25) is 0 Å². The van der Waals surface area contributed by atoms with E-state index in [1.165, 1.54) is 18.2 Å². The van der Waals surface area contributed by atoms with Gasteiger partial charge in [0.05, 0.1) is 5.92 Å². The first-order valence-electron chi connectivity index (χ1n) is 6.14. The lowest BCUT2D eigenvalue weighted by molar-refractivity contribution is -0.166.